The molecule has 2 aromatic rings. The first-order valence-corrected chi connectivity index (χ1v) is 5.10. The van der Waals surface area contributed by atoms with Crippen LogP contribution in [0.2, 0.25) is 0 Å². The SMILES string of the molecule is CCNC(C)c1nc2c(F)cccc2[nH]1. The molecule has 2 N–H and O–H groups in total. The highest BCUT2D eigenvalue weighted by molar-refractivity contribution is 5.75. The normalized spacial score (nSPS) is 13.3. The van der Waals surface area contributed by atoms with Crippen LogP contribution in [0.4, 0.5) is 4.39 Å². The maximum atomic E-state index is 13.3. The van der Waals surface area contributed by atoms with Gasteiger partial charge in [0.2, 0.25) is 0 Å². The summed E-state index contributed by atoms with van der Waals surface area (Å²) in [6.07, 6.45) is 0. The van der Waals surface area contributed by atoms with E-state index in [9.17, 15) is 4.39 Å². The smallest absolute Gasteiger partial charge is 0.151 e. The average molecular weight is 207 g/mol. The zero-order chi connectivity index (χ0) is 10.8. The number of hydrogen-bond acceptors (Lipinski definition) is 2. The van der Waals surface area contributed by atoms with Gasteiger partial charge in [-0.15, -0.1) is 0 Å². The number of imidazole rings is 1. The molecule has 0 spiro atoms. The Hall–Kier alpha value is -1.42. The van der Waals surface area contributed by atoms with Crippen molar-refractivity contribution < 1.29 is 4.39 Å². The maximum Gasteiger partial charge on any atom is 0.151 e. The van der Waals surface area contributed by atoms with Crippen molar-refractivity contribution in [3.05, 3.63) is 29.8 Å². The van der Waals surface area contributed by atoms with Gasteiger partial charge < -0.3 is 10.3 Å². The largest absolute Gasteiger partial charge is 0.341 e. The molecule has 0 radical (unpaired) electrons. The molecule has 1 aromatic carbocycles. The number of nitrogens with one attached hydrogen (secondary N) is 2. The summed E-state index contributed by atoms with van der Waals surface area (Å²) in [5, 5.41) is 3.23. The third kappa shape index (κ3) is 1.85. The molecule has 0 bridgehead atoms. The number of para-hydroxylation sites is 1. The molecule has 1 atom stereocenters. The highest BCUT2D eigenvalue weighted by Gasteiger charge is 2.11. The number of fused-ring (bicyclic) bond motifs is 1. The van der Waals surface area contributed by atoms with Crippen LogP contribution < -0.4 is 5.32 Å². The lowest BCUT2D eigenvalue weighted by atomic mass is 10.3. The fraction of sp³-hybridized carbons (Fsp3) is 0.364. The summed E-state index contributed by atoms with van der Waals surface area (Å²) in [5.41, 5.74) is 1.16. The van der Waals surface area contributed by atoms with E-state index < -0.39 is 0 Å². The minimum atomic E-state index is -0.279. The van der Waals surface area contributed by atoms with E-state index in [1.807, 2.05) is 19.9 Å². The van der Waals surface area contributed by atoms with Gasteiger partial charge in [-0.1, -0.05) is 13.0 Å². The van der Waals surface area contributed by atoms with E-state index in [1.165, 1.54) is 6.07 Å². The minimum absolute atomic E-state index is 0.113. The van der Waals surface area contributed by atoms with Crippen molar-refractivity contribution in [2.24, 2.45) is 0 Å². The van der Waals surface area contributed by atoms with Crippen LogP contribution in [0.15, 0.2) is 18.2 Å². The second-order valence-corrected chi connectivity index (χ2v) is 3.54. The van der Waals surface area contributed by atoms with Crippen LogP contribution in [0.1, 0.15) is 25.7 Å². The summed E-state index contributed by atoms with van der Waals surface area (Å²) in [4.78, 5) is 7.35. The van der Waals surface area contributed by atoms with Crippen LogP contribution in [0.3, 0.4) is 0 Å². The van der Waals surface area contributed by atoms with Gasteiger partial charge in [-0.05, 0) is 25.6 Å². The molecule has 0 saturated heterocycles. The minimum Gasteiger partial charge on any atom is -0.341 e. The number of rotatable bonds is 3. The van der Waals surface area contributed by atoms with Gasteiger partial charge in [0.05, 0.1) is 11.6 Å². The van der Waals surface area contributed by atoms with E-state index in [4.69, 9.17) is 0 Å². The molecular weight excluding hydrogens is 193 g/mol. The van der Waals surface area contributed by atoms with Gasteiger partial charge in [-0.25, -0.2) is 9.37 Å². The number of halogens is 1. The third-order valence-corrected chi connectivity index (χ3v) is 2.40. The standard InChI is InChI=1S/C11H14FN3/c1-3-13-7(2)11-14-9-6-4-5-8(12)10(9)15-11/h4-7,13H,3H2,1-2H3,(H,14,15). The lowest BCUT2D eigenvalue weighted by Gasteiger charge is -2.07. The van der Waals surface area contributed by atoms with E-state index in [0.29, 0.717) is 5.52 Å². The van der Waals surface area contributed by atoms with E-state index >= 15 is 0 Å². The predicted octanol–water partition coefficient (Wildman–Crippen LogP) is 2.37. The molecule has 0 fully saturated rings. The summed E-state index contributed by atoms with van der Waals surface area (Å²) < 4.78 is 13.3. The number of H-pyrrole nitrogens is 1. The third-order valence-electron chi connectivity index (χ3n) is 2.40. The van der Waals surface area contributed by atoms with Gasteiger partial charge >= 0.3 is 0 Å². The topological polar surface area (TPSA) is 40.7 Å². The predicted molar refractivity (Wildman–Crippen MR) is 58.1 cm³/mol. The van der Waals surface area contributed by atoms with E-state index in [1.54, 1.807) is 6.07 Å². The molecule has 0 saturated carbocycles. The zero-order valence-electron chi connectivity index (χ0n) is 8.84. The molecule has 80 valence electrons. The molecule has 0 aliphatic carbocycles. The van der Waals surface area contributed by atoms with Crippen LogP contribution in [-0.4, -0.2) is 16.5 Å². The molecule has 2 rings (SSSR count). The lowest BCUT2D eigenvalue weighted by molar-refractivity contribution is 0.572. The Morgan fingerprint density at radius 1 is 1.53 bits per heavy atom. The molecule has 0 aliphatic heterocycles. The van der Waals surface area contributed by atoms with Gasteiger partial charge in [0.15, 0.2) is 5.82 Å². The van der Waals surface area contributed by atoms with Gasteiger partial charge in [-0.2, -0.15) is 0 Å². The number of hydrogen-bond donors (Lipinski definition) is 2. The number of aromatic amines is 1. The molecule has 1 heterocycles. The molecule has 1 aromatic heterocycles. The summed E-state index contributed by atoms with van der Waals surface area (Å²) in [6.45, 7) is 4.89. The lowest BCUT2D eigenvalue weighted by Crippen LogP contribution is -2.18. The monoisotopic (exact) mass is 207 g/mol. The van der Waals surface area contributed by atoms with Crippen molar-refractivity contribution in [2.75, 3.05) is 6.54 Å². The summed E-state index contributed by atoms with van der Waals surface area (Å²) in [7, 11) is 0. The summed E-state index contributed by atoms with van der Waals surface area (Å²) in [6, 6.07) is 5.04. The van der Waals surface area contributed by atoms with E-state index in [2.05, 4.69) is 15.3 Å². The van der Waals surface area contributed by atoms with Crippen molar-refractivity contribution in [3.63, 3.8) is 0 Å². The van der Waals surface area contributed by atoms with Crippen molar-refractivity contribution in [1.82, 2.24) is 15.3 Å². The Balaban J connectivity index is 2.43. The number of aromatic nitrogens is 2. The molecule has 15 heavy (non-hydrogen) atoms. The van der Waals surface area contributed by atoms with Crippen LogP contribution in [0, 0.1) is 5.82 Å². The zero-order valence-corrected chi connectivity index (χ0v) is 8.84. The first-order valence-electron chi connectivity index (χ1n) is 5.10. The van der Waals surface area contributed by atoms with Crippen LogP contribution in [-0.2, 0) is 0 Å². The fourth-order valence-corrected chi connectivity index (χ4v) is 1.62. The summed E-state index contributed by atoms with van der Waals surface area (Å²) >= 11 is 0. The van der Waals surface area contributed by atoms with Gasteiger partial charge in [0.25, 0.3) is 0 Å². The van der Waals surface area contributed by atoms with Crippen molar-refractivity contribution >= 4 is 11.0 Å². The maximum absolute atomic E-state index is 13.3. The van der Waals surface area contributed by atoms with Crippen LogP contribution >= 0.6 is 0 Å². The Labute approximate surface area is 87.7 Å². The van der Waals surface area contributed by atoms with E-state index in [0.717, 1.165) is 17.9 Å². The molecule has 4 heteroatoms. The second-order valence-electron chi connectivity index (χ2n) is 3.54. The second kappa shape index (κ2) is 3.98. The first-order chi connectivity index (χ1) is 7.22. The Morgan fingerprint density at radius 2 is 2.33 bits per heavy atom. The highest BCUT2D eigenvalue weighted by atomic mass is 19.1. The quantitative estimate of drug-likeness (QED) is 0.811. The van der Waals surface area contributed by atoms with Crippen LogP contribution in [0.25, 0.3) is 11.0 Å². The molecule has 3 nitrogen and oxygen atoms in total. The fourth-order valence-electron chi connectivity index (χ4n) is 1.62. The van der Waals surface area contributed by atoms with Crippen molar-refractivity contribution in [2.45, 2.75) is 19.9 Å². The highest BCUT2D eigenvalue weighted by Crippen LogP contribution is 2.18. The molecular formula is C11H14FN3. The van der Waals surface area contributed by atoms with Crippen molar-refractivity contribution in [1.29, 1.82) is 0 Å². The molecule has 0 aliphatic rings. The van der Waals surface area contributed by atoms with Gasteiger partial charge in [0.1, 0.15) is 11.3 Å². The van der Waals surface area contributed by atoms with Gasteiger partial charge in [0, 0.05) is 0 Å². The Kier molecular flexibility index (Phi) is 2.68. The van der Waals surface area contributed by atoms with Crippen molar-refractivity contribution in [3.8, 4) is 0 Å². The average Bonchev–Trinajstić information content (AvgIpc) is 2.63. The summed E-state index contributed by atoms with van der Waals surface area (Å²) in [5.74, 6) is 0.496. The molecule has 1 unspecified atom stereocenters. The number of benzene rings is 1. The van der Waals surface area contributed by atoms with Gasteiger partial charge in [-0.3, -0.25) is 0 Å². The Bertz CT molecular complexity index is 464. The number of nitrogens with zero attached hydrogens (tertiary/aromatic N) is 1. The Morgan fingerprint density at radius 3 is 3.00 bits per heavy atom. The van der Waals surface area contributed by atoms with E-state index in [-0.39, 0.29) is 11.9 Å². The molecule has 0 amide bonds. The van der Waals surface area contributed by atoms with Crippen LogP contribution in [0.5, 0.6) is 0 Å². The first kappa shape index (κ1) is 10.1.